The van der Waals surface area contributed by atoms with E-state index in [-0.39, 0.29) is 6.10 Å². The Morgan fingerprint density at radius 2 is 2.00 bits per heavy atom. The summed E-state index contributed by atoms with van der Waals surface area (Å²) >= 11 is 0. The van der Waals surface area contributed by atoms with Crippen molar-refractivity contribution in [2.45, 2.75) is 45.4 Å². The van der Waals surface area contributed by atoms with E-state index < -0.39 is 0 Å². The maximum atomic E-state index is 5.35. The molecule has 3 nitrogen and oxygen atoms in total. The molecule has 1 aliphatic rings. The molecule has 0 bridgehead atoms. The molecule has 1 heterocycles. The van der Waals surface area contributed by atoms with E-state index >= 15 is 0 Å². The lowest BCUT2D eigenvalue weighted by molar-refractivity contribution is 0.106. The van der Waals surface area contributed by atoms with Gasteiger partial charge in [-0.1, -0.05) is 12.1 Å². The van der Waals surface area contributed by atoms with E-state index in [1.165, 1.54) is 37.2 Å². The van der Waals surface area contributed by atoms with Gasteiger partial charge in [0.15, 0.2) is 0 Å². The second-order valence-corrected chi connectivity index (χ2v) is 5.56. The van der Waals surface area contributed by atoms with Crippen LogP contribution in [-0.4, -0.2) is 37.2 Å². The van der Waals surface area contributed by atoms with Gasteiger partial charge in [0, 0.05) is 25.4 Å². The van der Waals surface area contributed by atoms with Crippen LogP contribution in [0.5, 0.6) is 0 Å². The zero-order valence-corrected chi connectivity index (χ0v) is 12.4. The molecule has 1 fully saturated rings. The number of rotatable bonds is 6. The van der Waals surface area contributed by atoms with Crippen molar-refractivity contribution in [3.05, 3.63) is 29.8 Å². The van der Waals surface area contributed by atoms with Crippen molar-refractivity contribution >= 4 is 5.69 Å². The normalized spacial score (nSPS) is 19.3. The molecule has 1 aliphatic heterocycles. The third-order valence-corrected chi connectivity index (χ3v) is 4.00. The maximum absolute atomic E-state index is 5.35. The molecule has 3 heteroatoms. The lowest BCUT2D eigenvalue weighted by Crippen LogP contribution is -2.29. The Morgan fingerprint density at radius 1 is 1.26 bits per heavy atom. The smallest absolute Gasteiger partial charge is 0.0741 e. The minimum Gasteiger partial charge on any atom is -0.380 e. The van der Waals surface area contributed by atoms with Gasteiger partial charge in [0.2, 0.25) is 0 Å². The highest BCUT2D eigenvalue weighted by atomic mass is 16.5. The third kappa shape index (κ3) is 4.22. The van der Waals surface area contributed by atoms with Crippen LogP contribution in [0.3, 0.4) is 0 Å². The van der Waals surface area contributed by atoms with Crippen molar-refractivity contribution in [2.24, 2.45) is 0 Å². The Kier molecular flexibility index (Phi) is 5.23. The third-order valence-electron chi connectivity index (χ3n) is 4.00. The molecule has 0 aliphatic carbocycles. The first-order valence-corrected chi connectivity index (χ1v) is 7.29. The van der Waals surface area contributed by atoms with Gasteiger partial charge in [-0.3, -0.25) is 4.90 Å². The van der Waals surface area contributed by atoms with E-state index in [2.05, 4.69) is 48.3 Å². The first kappa shape index (κ1) is 14.4. The fraction of sp³-hybridized carbons (Fsp3) is 0.625. The molecule has 0 aromatic heterocycles. The molecule has 106 valence electrons. The first-order chi connectivity index (χ1) is 9.19. The molecular weight excluding hydrogens is 236 g/mol. The predicted octanol–water partition coefficient (Wildman–Crippen LogP) is 3.12. The number of likely N-dealkylation sites (tertiary alicyclic amines) is 1. The fourth-order valence-electron chi connectivity index (χ4n) is 2.54. The van der Waals surface area contributed by atoms with Crippen molar-refractivity contribution < 1.29 is 4.74 Å². The van der Waals surface area contributed by atoms with Gasteiger partial charge < -0.3 is 10.1 Å². The number of methoxy groups -OCH3 is 1. The average molecular weight is 262 g/mol. The van der Waals surface area contributed by atoms with E-state index in [0.29, 0.717) is 6.04 Å². The van der Waals surface area contributed by atoms with Crippen molar-refractivity contribution in [1.29, 1.82) is 0 Å². The summed E-state index contributed by atoms with van der Waals surface area (Å²) in [6, 6.07) is 9.06. The minimum atomic E-state index is 0.210. The zero-order valence-electron chi connectivity index (χ0n) is 12.4. The molecule has 0 spiro atoms. The molecule has 2 unspecified atom stereocenters. The second kappa shape index (κ2) is 6.92. The summed E-state index contributed by atoms with van der Waals surface area (Å²) in [4.78, 5) is 2.53. The van der Waals surface area contributed by atoms with Crippen LogP contribution in [0, 0.1) is 0 Å². The topological polar surface area (TPSA) is 24.5 Å². The molecule has 0 amide bonds. The Hall–Kier alpha value is -1.06. The standard InChI is InChI=1S/C16H26N2O/c1-13(14(2)19-3)17-16-8-6-7-15(11-16)12-18-9-4-5-10-18/h6-8,11,13-14,17H,4-5,9-10,12H2,1-3H3. The lowest BCUT2D eigenvalue weighted by Gasteiger charge is -2.22. The number of hydrogen-bond acceptors (Lipinski definition) is 3. The van der Waals surface area contributed by atoms with Crippen LogP contribution < -0.4 is 5.32 Å². The van der Waals surface area contributed by atoms with Crippen LogP contribution >= 0.6 is 0 Å². The van der Waals surface area contributed by atoms with Gasteiger partial charge in [-0.05, 0) is 57.5 Å². The van der Waals surface area contributed by atoms with E-state index in [1.807, 2.05) is 0 Å². The Balaban J connectivity index is 1.94. The zero-order chi connectivity index (χ0) is 13.7. The van der Waals surface area contributed by atoms with Crippen LogP contribution in [0.2, 0.25) is 0 Å². The molecule has 0 radical (unpaired) electrons. The van der Waals surface area contributed by atoms with Crippen LogP contribution in [0.25, 0.3) is 0 Å². The van der Waals surface area contributed by atoms with Crippen molar-refractivity contribution in [3.8, 4) is 0 Å². The highest BCUT2D eigenvalue weighted by Crippen LogP contribution is 2.17. The van der Waals surface area contributed by atoms with E-state index in [4.69, 9.17) is 4.74 Å². The van der Waals surface area contributed by atoms with Crippen LogP contribution in [0.4, 0.5) is 5.69 Å². The molecule has 2 rings (SSSR count). The van der Waals surface area contributed by atoms with Gasteiger partial charge in [0.1, 0.15) is 0 Å². The highest BCUT2D eigenvalue weighted by Gasteiger charge is 2.13. The van der Waals surface area contributed by atoms with Gasteiger partial charge in [-0.25, -0.2) is 0 Å². The lowest BCUT2D eigenvalue weighted by atomic mass is 10.1. The summed E-state index contributed by atoms with van der Waals surface area (Å²) in [5.41, 5.74) is 2.58. The van der Waals surface area contributed by atoms with Gasteiger partial charge in [0.25, 0.3) is 0 Å². The minimum absolute atomic E-state index is 0.210. The van der Waals surface area contributed by atoms with E-state index in [1.54, 1.807) is 7.11 Å². The number of anilines is 1. The number of hydrogen-bond donors (Lipinski definition) is 1. The van der Waals surface area contributed by atoms with Crippen LogP contribution in [0.15, 0.2) is 24.3 Å². The molecular formula is C16H26N2O. The Morgan fingerprint density at radius 3 is 2.68 bits per heavy atom. The van der Waals surface area contributed by atoms with Crippen molar-refractivity contribution in [1.82, 2.24) is 4.90 Å². The van der Waals surface area contributed by atoms with Crippen LogP contribution in [0.1, 0.15) is 32.3 Å². The summed E-state index contributed by atoms with van der Waals surface area (Å²) in [6.07, 6.45) is 2.91. The van der Waals surface area contributed by atoms with Crippen molar-refractivity contribution in [3.63, 3.8) is 0 Å². The monoisotopic (exact) mass is 262 g/mol. The number of benzene rings is 1. The van der Waals surface area contributed by atoms with Gasteiger partial charge in [-0.15, -0.1) is 0 Å². The SMILES string of the molecule is COC(C)C(C)Nc1cccc(CN2CCCC2)c1. The Bertz CT molecular complexity index is 388. The Labute approximate surface area is 116 Å². The molecule has 1 N–H and O–H groups in total. The molecule has 1 aromatic carbocycles. The first-order valence-electron chi connectivity index (χ1n) is 7.29. The fourth-order valence-corrected chi connectivity index (χ4v) is 2.54. The van der Waals surface area contributed by atoms with Gasteiger partial charge in [-0.2, -0.15) is 0 Å². The molecule has 1 saturated heterocycles. The number of nitrogens with one attached hydrogen (secondary N) is 1. The average Bonchev–Trinajstić information content (AvgIpc) is 2.91. The molecule has 19 heavy (non-hydrogen) atoms. The molecule has 1 aromatic rings. The quantitative estimate of drug-likeness (QED) is 0.852. The summed E-state index contributed by atoms with van der Waals surface area (Å²) in [5, 5.41) is 3.51. The predicted molar refractivity (Wildman–Crippen MR) is 80.5 cm³/mol. The number of nitrogens with zero attached hydrogens (tertiary/aromatic N) is 1. The molecule has 0 saturated carbocycles. The van der Waals surface area contributed by atoms with Gasteiger partial charge >= 0.3 is 0 Å². The van der Waals surface area contributed by atoms with Gasteiger partial charge in [0.05, 0.1) is 6.10 Å². The summed E-state index contributed by atoms with van der Waals surface area (Å²) in [6.45, 7) is 7.81. The van der Waals surface area contributed by atoms with Crippen molar-refractivity contribution in [2.75, 3.05) is 25.5 Å². The largest absolute Gasteiger partial charge is 0.380 e. The maximum Gasteiger partial charge on any atom is 0.0741 e. The summed E-state index contributed by atoms with van der Waals surface area (Å²) in [7, 11) is 1.76. The second-order valence-electron chi connectivity index (χ2n) is 5.56. The summed E-state index contributed by atoms with van der Waals surface area (Å²) in [5.74, 6) is 0. The van der Waals surface area contributed by atoms with E-state index in [9.17, 15) is 0 Å². The number of ether oxygens (including phenoxy) is 1. The highest BCUT2D eigenvalue weighted by molar-refractivity contribution is 5.46. The molecule has 2 atom stereocenters. The van der Waals surface area contributed by atoms with Crippen LogP contribution in [-0.2, 0) is 11.3 Å². The van der Waals surface area contributed by atoms with E-state index in [0.717, 1.165) is 6.54 Å². The summed E-state index contributed by atoms with van der Waals surface area (Å²) < 4.78 is 5.35.